The van der Waals surface area contributed by atoms with Crippen LogP contribution in [0.25, 0.3) is 22.3 Å². The zero-order valence-electron chi connectivity index (χ0n) is 23.6. The Morgan fingerprint density at radius 2 is 1.90 bits per heavy atom. The van der Waals surface area contributed by atoms with Gasteiger partial charge in [0, 0.05) is 49.3 Å². The highest BCUT2D eigenvalue weighted by Gasteiger charge is 2.37. The van der Waals surface area contributed by atoms with E-state index in [0.29, 0.717) is 44.8 Å². The van der Waals surface area contributed by atoms with Gasteiger partial charge in [-0.1, -0.05) is 18.7 Å². The van der Waals surface area contributed by atoms with Crippen LogP contribution in [0.3, 0.4) is 0 Å². The summed E-state index contributed by atoms with van der Waals surface area (Å²) in [7, 11) is 0. The Morgan fingerprint density at radius 3 is 2.69 bits per heavy atom. The highest BCUT2D eigenvalue weighted by atomic mass is 16.5. The first-order chi connectivity index (χ1) is 20.4. The van der Waals surface area contributed by atoms with E-state index in [0.717, 1.165) is 52.6 Å². The predicted octanol–water partition coefficient (Wildman–Crippen LogP) is 3.38. The van der Waals surface area contributed by atoms with Crippen molar-refractivity contribution in [3.63, 3.8) is 0 Å². The largest absolute Gasteiger partial charge is 0.379 e. The molecule has 5 heterocycles. The highest BCUT2D eigenvalue weighted by Crippen LogP contribution is 2.30. The molecule has 2 saturated heterocycles. The number of ether oxygens (including phenoxy) is 1. The van der Waals surface area contributed by atoms with E-state index in [1.807, 2.05) is 25.1 Å². The van der Waals surface area contributed by atoms with Gasteiger partial charge in [-0.05, 0) is 55.3 Å². The van der Waals surface area contributed by atoms with Crippen molar-refractivity contribution in [2.45, 2.75) is 25.4 Å². The van der Waals surface area contributed by atoms with Crippen molar-refractivity contribution in [1.29, 1.82) is 0 Å². The Morgan fingerprint density at radius 1 is 1.10 bits per heavy atom. The van der Waals surface area contributed by atoms with E-state index >= 15 is 0 Å². The number of H-pyrrole nitrogens is 1. The molecule has 0 saturated carbocycles. The number of benzene rings is 1. The smallest absolute Gasteiger partial charge is 0.254 e. The second kappa shape index (κ2) is 11.6. The monoisotopic (exact) mass is 566 g/mol. The molecule has 2 aliphatic rings. The molecule has 1 unspecified atom stereocenters. The van der Waals surface area contributed by atoms with Crippen molar-refractivity contribution in [3.8, 4) is 11.3 Å². The number of pyridine rings is 1. The summed E-state index contributed by atoms with van der Waals surface area (Å²) in [5.41, 5.74) is 4.64. The van der Waals surface area contributed by atoms with Crippen LogP contribution in [0.15, 0.2) is 67.6 Å². The second-order valence-corrected chi connectivity index (χ2v) is 10.9. The van der Waals surface area contributed by atoms with Gasteiger partial charge in [-0.2, -0.15) is 0 Å². The van der Waals surface area contributed by atoms with Crippen molar-refractivity contribution in [2.75, 3.05) is 49.6 Å². The molecule has 0 bridgehead atoms. The van der Waals surface area contributed by atoms with Crippen molar-refractivity contribution >= 4 is 34.4 Å². The number of rotatable bonds is 8. The summed E-state index contributed by atoms with van der Waals surface area (Å²) in [4.78, 5) is 45.8. The van der Waals surface area contributed by atoms with Crippen molar-refractivity contribution < 1.29 is 14.3 Å². The molecule has 11 heteroatoms. The molecular formula is C31H34N8O3. The maximum atomic E-state index is 13.2. The molecule has 11 nitrogen and oxygen atoms in total. The van der Waals surface area contributed by atoms with Crippen molar-refractivity contribution in [2.24, 2.45) is 0 Å². The fraction of sp³-hybridized carbons (Fsp3) is 0.323. The third kappa shape index (κ3) is 5.82. The first-order valence-corrected chi connectivity index (χ1v) is 14.1. The van der Waals surface area contributed by atoms with Crippen LogP contribution in [-0.4, -0.2) is 81.6 Å². The third-order valence-corrected chi connectivity index (χ3v) is 7.82. The van der Waals surface area contributed by atoms with Crippen LogP contribution in [0.4, 0.5) is 11.5 Å². The zero-order chi connectivity index (χ0) is 29.1. The molecule has 2 fully saturated rings. The molecule has 4 aromatic rings. The van der Waals surface area contributed by atoms with Gasteiger partial charge in [-0.25, -0.2) is 9.97 Å². The molecule has 0 aliphatic carbocycles. The average molecular weight is 567 g/mol. The molecule has 216 valence electrons. The number of carbonyl (C=O) groups excluding carboxylic acids is 2. The number of hydrogen-bond donors (Lipinski definition) is 3. The number of likely N-dealkylation sites (tertiary alicyclic amines) is 1. The van der Waals surface area contributed by atoms with E-state index in [1.165, 1.54) is 6.08 Å². The van der Waals surface area contributed by atoms with E-state index in [4.69, 9.17) is 4.74 Å². The molecule has 0 radical (unpaired) electrons. The molecule has 2 amide bonds. The number of nitrogens with one attached hydrogen (secondary N) is 3. The van der Waals surface area contributed by atoms with E-state index < -0.39 is 5.54 Å². The van der Waals surface area contributed by atoms with Gasteiger partial charge < -0.3 is 30.2 Å². The molecule has 3 N–H and O–H groups in total. The summed E-state index contributed by atoms with van der Waals surface area (Å²) in [5.74, 6) is 0.626. The Bertz CT molecular complexity index is 1610. The van der Waals surface area contributed by atoms with Crippen molar-refractivity contribution in [1.82, 2.24) is 30.2 Å². The standard InChI is InChI=1S/C31H34N8O3/c1-3-27(40)37-31(2)9-11-39(19-31)30(41)22-8-10-32-24(16-22)18-33-23-6-4-21(5-7-23)26-17-25-28(36-26)34-20-35-29(25)38-12-14-42-15-13-38/h3-8,10,16-17,20,33H,1,9,11-15,18-19H2,2H3,(H,37,40)(H,34,35,36). The van der Waals surface area contributed by atoms with Gasteiger partial charge in [0.15, 0.2) is 0 Å². The lowest BCUT2D eigenvalue weighted by Gasteiger charge is -2.27. The Kier molecular flexibility index (Phi) is 7.58. The molecule has 0 spiro atoms. The van der Waals surface area contributed by atoms with Crippen LogP contribution < -0.4 is 15.5 Å². The highest BCUT2D eigenvalue weighted by molar-refractivity contribution is 5.95. The van der Waals surface area contributed by atoms with Gasteiger partial charge in [0.1, 0.15) is 17.8 Å². The third-order valence-electron chi connectivity index (χ3n) is 7.82. The molecule has 3 aromatic heterocycles. The van der Waals surface area contributed by atoms with Crippen LogP contribution in [0, 0.1) is 0 Å². The van der Waals surface area contributed by atoms with E-state index in [-0.39, 0.29) is 11.8 Å². The van der Waals surface area contributed by atoms with Crippen LogP contribution in [0.5, 0.6) is 0 Å². The predicted molar refractivity (Wildman–Crippen MR) is 161 cm³/mol. The summed E-state index contributed by atoms with van der Waals surface area (Å²) >= 11 is 0. The van der Waals surface area contributed by atoms with Gasteiger partial charge in [0.2, 0.25) is 5.91 Å². The van der Waals surface area contributed by atoms with Crippen LogP contribution >= 0.6 is 0 Å². The minimum absolute atomic E-state index is 0.0700. The lowest BCUT2D eigenvalue weighted by molar-refractivity contribution is -0.118. The number of amides is 2. The Balaban J connectivity index is 1.09. The van der Waals surface area contributed by atoms with Gasteiger partial charge in [-0.3, -0.25) is 14.6 Å². The van der Waals surface area contributed by atoms with E-state index in [2.05, 4.69) is 60.2 Å². The van der Waals surface area contributed by atoms with Crippen LogP contribution in [-0.2, 0) is 16.1 Å². The molecular weight excluding hydrogens is 532 g/mol. The number of anilines is 2. The molecule has 6 rings (SSSR count). The average Bonchev–Trinajstić information content (AvgIpc) is 3.64. The maximum Gasteiger partial charge on any atom is 0.254 e. The summed E-state index contributed by atoms with van der Waals surface area (Å²) < 4.78 is 5.49. The maximum absolute atomic E-state index is 13.2. The lowest BCUT2D eigenvalue weighted by atomic mass is 10.0. The van der Waals surface area contributed by atoms with Crippen LogP contribution in [0.1, 0.15) is 29.4 Å². The molecule has 1 aromatic carbocycles. The fourth-order valence-corrected chi connectivity index (χ4v) is 5.55. The summed E-state index contributed by atoms with van der Waals surface area (Å²) in [6.45, 7) is 9.97. The lowest BCUT2D eigenvalue weighted by Crippen LogP contribution is -2.48. The molecule has 42 heavy (non-hydrogen) atoms. The summed E-state index contributed by atoms with van der Waals surface area (Å²) in [5, 5.41) is 7.34. The number of aromatic amines is 1. The number of fused-ring (bicyclic) bond motifs is 1. The topological polar surface area (TPSA) is 128 Å². The van der Waals surface area contributed by atoms with Gasteiger partial charge >= 0.3 is 0 Å². The number of aromatic nitrogens is 4. The minimum Gasteiger partial charge on any atom is -0.379 e. The van der Waals surface area contributed by atoms with Crippen LogP contribution in [0.2, 0.25) is 0 Å². The van der Waals surface area contributed by atoms with E-state index in [9.17, 15) is 9.59 Å². The normalized spacial score (nSPS) is 18.7. The molecule has 1 atom stereocenters. The van der Waals surface area contributed by atoms with Gasteiger partial charge in [0.05, 0.1) is 36.4 Å². The fourth-order valence-electron chi connectivity index (χ4n) is 5.55. The quantitative estimate of drug-likeness (QED) is 0.277. The number of hydrogen-bond acceptors (Lipinski definition) is 8. The minimum atomic E-state index is -0.463. The number of carbonyl (C=O) groups is 2. The Labute approximate surface area is 244 Å². The zero-order valence-corrected chi connectivity index (χ0v) is 23.6. The SMILES string of the molecule is C=CC(=O)NC1(C)CCN(C(=O)c2ccnc(CNc3ccc(-c4cc5c(N6CCOCC6)ncnc5[nH]4)cc3)c2)C1. The van der Waals surface area contributed by atoms with Gasteiger partial charge in [-0.15, -0.1) is 0 Å². The molecule has 2 aliphatic heterocycles. The first kappa shape index (κ1) is 27.4. The first-order valence-electron chi connectivity index (χ1n) is 14.1. The second-order valence-electron chi connectivity index (χ2n) is 10.9. The summed E-state index contributed by atoms with van der Waals surface area (Å²) in [6.07, 6.45) is 5.20. The Hall–Kier alpha value is -4.77. The summed E-state index contributed by atoms with van der Waals surface area (Å²) in [6, 6.07) is 13.8. The number of morpholine rings is 1. The van der Waals surface area contributed by atoms with Crippen molar-refractivity contribution in [3.05, 3.63) is 78.9 Å². The van der Waals surface area contributed by atoms with Gasteiger partial charge in [0.25, 0.3) is 5.91 Å². The number of nitrogens with zero attached hydrogens (tertiary/aromatic N) is 5. The van der Waals surface area contributed by atoms with E-state index in [1.54, 1.807) is 23.5 Å².